The summed E-state index contributed by atoms with van der Waals surface area (Å²) in [7, 11) is 1.43. The molecular weight excluding hydrogens is 242 g/mol. The summed E-state index contributed by atoms with van der Waals surface area (Å²) in [5, 5.41) is 7.46. The van der Waals surface area contributed by atoms with Crippen LogP contribution in [0.2, 0.25) is 0 Å². The molecule has 1 N–H and O–H groups in total. The van der Waals surface area contributed by atoms with Crippen molar-refractivity contribution in [1.29, 1.82) is 0 Å². The molecule has 0 aliphatic carbocycles. The van der Waals surface area contributed by atoms with E-state index in [1.165, 1.54) is 12.7 Å². The van der Waals surface area contributed by atoms with Crippen LogP contribution < -0.4 is 5.32 Å². The van der Waals surface area contributed by atoms with E-state index >= 15 is 0 Å². The Kier molecular flexibility index (Phi) is 6.02. The zero-order valence-electron chi connectivity index (χ0n) is 12.4. The highest BCUT2D eigenvalue weighted by molar-refractivity contribution is 5.80. The Morgan fingerprint density at radius 2 is 2.26 bits per heavy atom. The van der Waals surface area contributed by atoms with Crippen LogP contribution in [0.1, 0.15) is 38.7 Å². The first-order valence-electron chi connectivity index (χ1n) is 6.84. The monoisotopic (exact) mass is 267 g/mol. The number of esters is 1. The molecule has 1 aromatic rings. The number of nitrogens with one attached hydrogen (secondary N) is 1. The van der Waals surface area contributed by atoms with Crippen molar-refractivity contribution < 1.29 is 9.53 Å². The highest BCUT2D eigenvalue weighted by atomic mass is 16.5. The molecule has 0 radical (unpaired) electrons. The lowest BCUT2D eigenvalue weighted by Crippen LogP contribution is -2.50. The van der Waals surface area contributed by atoms with Crippen LogP contribution in [0, 0.1) is 6.92 Å². The largest absolute Gasteiger partial charge is 0.468 e. The predicted octanol–water partition coefficient (Wildman–Crippen LogP) is 1.90. The van der Waals surface area contributed by atoms with Crippen molar-refractivity contribution in [2.75, 3.05) is 13.7 Å². The van der Waals surface area contributed by atoms with Gasteiger partial charge in [0.1, 0.15) is 5.54 Å². The molecule has 1 unspecified atom stereocenters. The van der Waals surface area contributed by atoms with Gasteiger partial charge in [0.2, 0.25) is 0 Å². The summed E-state index contributed by atoms with van der Waals surface area (Å²) in [6.45, 7) is 7.57. The van der Waals surface area contributed by atoms with Crippen LogP contribution >= 0.6 is 0 Å². The Morgan fingerprint density at radius 1 is 1.53 bits per heavy atom. The number of rotatable bonds is 8. The molecule has 0 aromatic carbocycles. The summed E-state index contributed by atoms with van der Waals surface area (Å²) in [5.74, 6) is -0.190. The lowest BCUT2D eigenvalue weighted by atomic mass is 9.94. The van der Waals surface area contributed by atoms with Gasteiger partial charge in [-0.3, -0.25) is 9.48 Å². The van der Waals surface area contributed by atoms with Crippen molar-refractivity contribution >= 4 is 5.97 Å². The van der Waals surface area contributed by atoms with Crippen molar-refractivity contribution in [3.05, 3.63) is 18.0 Å². The van der Waals surface area contributed by atoms with E-state index in [1.807, 2.05) is 37.8 Å². The number of methoxy groups -OCH3 is 1. The first kappa shape index (κ1) is 15.7. The van der Waals surface area contributed by atoms with Gasteiger partial charge < -0.3 is 10.1 Å². The second kappa shape index (κ2) is 7.28. The average molecular weight is 267 g/mol. The van der Waals surface area contributed by atoms with E-state index in [4.69, 9.17) is 4.74 Å². The Morgan fingerprint density at radius 3 is 2.79 bits per heavy atom. The lowest BCUT2D eigenvalue weighted by Gasteiger charge is -2.27. The van der Waals surface area contributed by atoms with E-state index in [1.54, 1.807) is 0 Å². The highest BCUT2D eigenvalue weighted by Gasteiger charge is 2.32. The van der Waals surface area contributed by atoms with Gasteiger partial charge in [0.05, 0.1) is 13.3 Å². The molecule has 1 aromatic heterocycles. The fraction of sp³-hybridized carbons (Fsp3) is 0.714. The van der Waals surface area contributed by atoms with E-state index in [-0.39, 0.29) is 5.97 Å². The molecule has 0 saturated carbocycles. The van der Waals surface area contributed by atoms with Gasteiger partial charge in [-0.2, -0.15) is 5.10 Å². The van der Waals surface area contributed by atoms with Crippen molar-refractivity contribution in [3.63, 3.8) is 0 Å². The minimum absolute atomic E-state index is 0.190. The van der Waals surface area contributed by atoms with Crippen LogP contribution in [-0.2, 0) is 16.1 Å². The van der Waals surface area contributed by atoms with Gasteiger partial charge in [-0.15, -0.1) is 0 Å². The zero-order chi connectivity index (χ0) is 14.3. The minimum atomic E-state index is -0.580. The lowest BCUT2D eigenvalue weighted by molar-refractivity contribution is -0.148. The number of hydrogen-bond acceptors (Lipinski definition) is 4. The topological polar surface area (TPSA) is 56.2 Å². The van der Waals surface area contributed by atoms with Gasteiger partial charge in [-0.1, -0.05) is 6.92 Å². The summed E-state index contributed by atoms with van der Waals surface area (Å²) < 4.78 is 6.81. The van der Waals surface area contributed by atoms with Gasteiger partial charge in [-0.05, 0) is 45.2 Å². The van der Waals surface area contributed by atoms with Crippen molar-refractivity contribution in [2.24, 2.45) is 0 Å². The number of carbonyl (C=O) groups excluding carboxylic acids is 1. The van der Waals surface area contributed by atoms with Gasteiger partial charge in [0.25, 0.3) is 0 Å². The predicted molar refractivity (Wildman–Crippen MR) is 74.9 cm³/mol. The van der Waals surface area contributed by atoms with E-state index in [0.29, 0.717) is 0 Å². The van der Waals surface area contributed by atoms with E-state index in [0.717, 1.165) is 32.4 Å². The molecule has 0 spiro atoms. The van der Waals surface area contributed by atoms with E-state index < -0.39 is 5.54 Å². The number of likely N-dealkylation sites (N-methyl/N-ethyl adjacent to an activating group) is 1. The van der Waals surface area contributed by atoms with Gasteiger partial charge in [-0.25, -0.2) is 0 Å². The quantitative estimate of drug-likeness (QED) is 0.577. The third kappa shape index (κ3) is 4.67. The van der Waals surface area contributed by atoms with E-state index in [9.17, 15) is 4.79 Å². The zero-order valence-corrected chi connectivity index (χ0v) is 12.4. The van der Waals surface area contributed by atoms with Crippen molar-refractivity contribution in [1.82, 2.24) is 15.1 Å². The molecule has 0 amide bonds. The van der Waals surface area contributed by atoms with Gasteiger partial charge in [0, 0.05) is 12.7 Å². The fourth-order valence-electron chi connectivity index (χ4n) is 2.22. The fourth-order valence-corrected chi connectivity index (χ4v) is 2.22. The number of aromatic nitrogens is 2. The maximum absolute atomic E-state index is 11.8. The minimum Gasteiger partial charge on any atom is -0.468 e. The number of unbranched alkanes of at least 4 members (excludes halogenated alkanes) is 1. The number of carbonyl (C=O) groups is 1. The third-order valence-corrected chi connectivity index (χ3v) is 3.28. The van der Waals surface area contributed by atoms with Crippen LogP contribution in [0.15, 0.2) is 12.4 Å². The summed E-state index contributed by atoms with van der Waals surface area (Å²) >= 11 is 0. The smallest absolute Gasteiger partial charge is 0.325 e. The molecule has 108 valence electrons. The molecular formula is C14H25N3O2. The van der Waals surface area contributed by atoms with Crippen molar-refractivity contribution in [2.45, 2.75) is 52.1 Å². The number of nitrogens with zero attached hydrogens (tertiary/aromatic N) is 2. The molecule has 1 heterocycles. The summed E-state index contributed by atoms with van der Waals surface area (Å²) in [5.41, 5.74) is 0.593. The van der Waals surface area contributed by atoms with Crippen LogP contribution in [-0.4, -0.2) is 34.9 Å². The van der Waals surface area contributed by atoms with Gasteiger partial charge >= 0.3 is 5.97 Å². The first-order valence-corrected chi connectivity index (χ1v) is 6.84. The molecule has 0 aliphatic heterocycles. The molecule has 0 saturated heterocycles. The molecule has 1 rings (SSSR count). The van der Waals surface area contributed by atoms with Gasteiger partial charge in [0.15, 0.2) is 0 Å². The second-order valence-corrected chi connectivity index (χ2v) is 5.09. The third-order valence-electron chi connectivity index (χ3n) is 3.28. The summed E-state index contributed by atoms with van der Waals surface area (Å²) in [4.78, 5) is 11.8. The molecule has 0 fully saturated rings. The van der Waals surface area contributed by atoms with Crippen LogP contribution in [0.4, 0.5) is 0 Å². The molecule has 1 atom stereocenters. The molecule has 0 bridgehead atoms. The summed E-state index contributed by atoms with van der Waals surface area (Å²) in [6.07, 6.45) is 6.62. The Bertz CT molecular complexity index is 403. The highest BCUT2D eigenvalue weighted by Crippen LogP contribution is 2.16. The second-order valence-electron chi connectivity index (χ2n) is 5.09. The molecule has 5 heteroatoms. The Hall–Kier alpha value is -1.36. The molecule has 19 heavy (non-hydrogen) atoms. The standard InChI is InChI=1S/C14H25N3O2/c1-5-15-14(3,13(18)19-4)8-6-7-9-17-11-12(2)10-16-17/h10-11,15H,5-9H2,1-4H3. The molecule has 0 aliphatic rings. The first-order chi connectivity index (χ1) is 9.01. The Balaban J connectivity index is 2.38. The molecule has 5 nitrogen and oxygen atoms in total. The van der Waals surface area contributed by atoms with Crippen LogP contribution in [0.3, 0.4) is 0 Å². The van der Waals surface area contributed by atoms with Crippen LogP contribution in [0.25, 0.3) is 0 Å². The maximum atomic E-state index is 11.8. The Labute approximate surface area is 115 Å². The van der Waals surface area contributed by atoms with Crippen molar-refractivity contribution in [3.8, 4) is 0 Å². The normalized spacial score (nSPS) is 14.1. The van der Waals surface area contributed by atoms with E-state index in [2.05, 4.69) is 10.4 Å². The summed E-state index contributed by atoms with van der Waals surface area (Å²) in [6, 6.07) is 0. The van der Waals surface area contributed by atoms with Crippen LogP contribution in [0.5, 0.6) is 0 Å². The number of aryl methyl sites for hydroxylation is 2. The average Bonchev–Trinajstić information content (AvgIpc) is 2.80. The number of hydrogen-bond donors (Lipinski definition) is 1. The number of ether oxygens (including phenoxy) is 1. The SMILES string of the molecule is CCNC(C)(CCCCn1cc(C)cn1)C(=O)OC. The maximum Gasteiger partial charge on any atom is 0.325 e.